The molecular weight excluding hydrogens is 563 g/mol. The van der Waals surface area contributed by atoms with Gasteiger partial charge in [-0.3, -0.25) is 0 Å². The predicted molar refractivity (Wildman–Crippen MR) is 156 cm³/mol. The summed E-state index contributed by atoms with van der Waals surface area (Å²) in [5, 5.41) is 21.7. The van der Waals surface area contributed by atoms with E-state index in [1.165, 1.54) is 21.5 Å². The number of aromatic nitrogens is 6. The minimum Gasteiger partial charge on any atom is -0.232 e. The second-order valence-corrected chi connectivity index (χ2v) is 11.3. The zero-order chi connectivity index (χ0) is 26.6. The summed E-state index contributed by atoms with van der Waals surface area (Å²) in [5.41, 5.74) is 6.03. The van der Waals surface area contributed by atoms with Gasteiger partial charge in [-0.15, -0.1) is 92.4 Å². The predicted octanol–water partition coefficient (Wildman–Crippen LogP) is 7.96. The molecule has 8 aromatic rings. The van der Waals surface area contributed by atoms with E-state index in [4.69, 9.17) is 18.6 Å². The van der Waals surface area contributed by atoms with Crippen LogP contribution in [0, 0.1) is 0 Å². The zero-order valence-corrected chi connectivity index (χ0v) is 23.6. The second kappa shape index (κ2) is 11.5. The Kier molecular flexibility index (Phi) is 7.52. The molecular formula is C30H20Cl2N6Ti-2. The van der Waals surface area contributed by atoms with Crippen LogP contribution in [-0.2, 0) is 17.0 Å². The van der Waals surface area contributed by atoms with Crippen molar-refractivity contribution in [2.45, 2.75) is 0 Å². The van der Waals surface area contributed by atoms with Gasteiger partial charge in [-0.25, -0.2) is 9.36 Å². The minimum atomic E-state index is -0.556. The first kappa shape index (κ1) is 25.5. The van der Waals surface area contributed by atoms with Crippen molar-refractivity contribution in [3.63, 3.8) is 0 Å². The fourth-order valence-electron chi connectivity index (χ4n) is 4.63. The maximum atomic E-state index is 4.89. The number of rotatable bonds is 2. The van der Waals surface area contributed by atoms with Crippen molar-refractivity contribution in [1.29, 1.82) is 0 Å². The molecule has 2 heterocycles. The van der Waals surface area contributed by atoms with Crippen molar-refractivity contribution in [2.24, 2.45) is 0 Å². The number of benzene rings is 4. The Morgan fingerprint density at radius 2 is 0.923 bits per heavy atom. The van der Waals surface area contributed by atoms with Crippen molar-refractivity contribution in [3.8, 4) is 11.4 Å². The third kappa shape index (κ3) is 5.25. The summed E-state index contributed by atoms with van der Waals surface area (Å²) in [6, 6.07) is 41.1. The Morgan fingerprint density at radius 1 is 0.538 bits per heavy atom. The summed E-state index contributed by atoms with van der Waals surface area (Å²) < 4.78 is 3.77. The minimum absolute atomic E-state index is 0.556. The van der Waals surface area contributed by atoms with Crippen molar-refractivity contribution in [2.75, 3.05) is 0 Å². The van der Waals surface area contributed by atoms with Gasteiger partial charge in [-0.1, -0.05) is 46.8 Å². The SMILES string of the molecule is [Cl][Ti][Cl].c1ccc2[cH-]c(-n3nnc4ccccc43)cc2c1.c1ccc2[cH-]c(-n3nnc4ccccc43)cc2c1. The molecule has 8 rings (SSSR count). The van der Waals surface area contributed by atoms with Gasteiger partial charge in [0.05, 0.1) is 11.0 Å². The number of hydrogen-bond donors (Lipinski definition) is 0. The number of para-hydroxylation sites is 2. The molecule has 9 heteroatoms. The van der Waals surface area contributed by atoms with Crippen molar-refractivity contribution in [1.82, 2.24) is 30.0 Å². The molecule has 0 N–H and O–H groups in total. The fourth-order valence-corrected chi connectivity index (χ4v) is 4.63. The number of halogens is 2. The van der Waals surface area contributed by atoms with Crippen LogP contribution in [0.1, 0.15) is 0 Å². The van der Waals surface area contributed by atoms with E-state index in [0.717, 1.165) is 33.4 Å². The van der Waals surface area contributed by atoms with E-state index in [-0.39, 0.29) is 0 Å². The van der Waals surface area contributed by atoms with Gasteiger partial charge in [-0.05, 0) is 35.6 Å². The summed E-state index contributed by atoms with van der Waals surface area (Å²) in [4.78, 5) is 0. The molecule has 0 aliphatic rings. The first-order valence-corrected chi connectivity index (χ1v) is 16.4. The summed E-state index contributed by atoms with van der Waals surface area (Å²) in [6.07, 6.45) is 0. The summed E-state index contributed by atoms with van der Waals surface area (Å²) >= 11 is -0.556. The second-order valence-electron chi connectivity index (χ2n) is 8.74. The van der Waals surface area contributed by atoms with E-state index < -0.39 is 17.0 Å². The molecule has 0 saturated heterocycles. The number of hydrogen-bond acceptors (Lipinski definition) is 4. The van der Waals surface area contributed by atoms with Crippen LogP contribution < -0.4 is 0 Å². The van der Waals surface area contributed by atoms with Gasteiger partial charge in [-0.2, -0.15) is 0 Å². The molecule has 6 aromatic carbocycles. The Morgan fingerprint density at radius 3 is 1.36 bits per heavy atom. The Hall–Kier alpha value is -3.81. The first-order chi connectivity index (χ1) is 19.2. The quantitative estimate of drug-likeness (QED) is 0.153. The van der Waals surface area contributed by atoms with Crippen LogP contribution in [0.3, 0.4) is 0 Å². The van der Waals surface area contributed by atoms with Crippen LogP contribution in [0.25, 0.3) is 55.0 Å². The molecule has 39 heavy (non-hydrogen) atoms. The standard InChI is InChI=1S/2C15H10N3.2ClH.Ti/c2*1-2-6-12-10-13(9-11(12)5-1)18-15-8-4-3-7-14(15)16-17-18;;;/h2*1-10H;2*1H;/q2*-1;;;+2/p-2. The van der Waals surface area contributed by atoms with E-state index in [0.29, 0.717) is 0 Å². The van der Waals surface area contributed by atoms with E-state index in [2.05, 4.69) is 69.2 Å². The van der Waals surface area contributed by atoms with Crippen LogP contribution >= 0.6 is 18.6 Å². The van der Waals surface area contributed by atoms with Gasteiger partial charge in [0.15, 0.2) is 0 Å². The average molecular weight is 583 g/mol. The zero-order valence-electron chi connectivity index (χ0n) is 20.5. The van der Waals surface area contributed by atoms with Crippen molar-refractivity contribution < 1.29 is 17.0 Å². The Bertz CT molecular complexity index is 1790. The largest absolute Gasteiger partial charge is 0.232 e. The van der Waals surface area contributed by atoms with Crippen LogP contribution in [0.2, 0.25) is 0 Å². The molecule has 0 aliphatic carbocycles. The molecule has 0 amide bonds. The van der Waals surface area contributed by atoms with Crippen LogP contribution in [0.5, 0.6) is 0 Å². The smallest absolute Gasteiger partial charge is 0.113 e. The van der Waals surface area contributed by atoms with Crippen molar-refractivity contribution in [3.05, 3.63) is 121 Å². The molecule has 0 radical (unpaired) electrons. The first-order valence-electron chi connectivity index (χ1n) is 12.1. The molecule has 0 fully saturated rings. The molecule has 0 spiro atoms. The third-order valence-electron chi connectivity index (χ3n) is 6.40. The molecule has 190 valence electrons. The maximum absolute atomic E-state index is 4.89. The van der Waals surface area contributed by atoms with E-state index in [1.807, 2.05) is 82.2 Å². The maximum Gasteiger partial charge on any atom is 0.113 e. The van der Waals surface area contributed by atoms with Gasteiger partial charge >= 0.3 is 35.6 Å². The molecule has 0 unspecified atom stereocenters. The monoisotopic (exact) mass is 582 g/mol. The average Bonchev–Trinajstić information content (AvgIpc) is 3.76. The van der Waals surface area contributed by atoms with Gasteiger partial charge in [0.2, 0.25) is 0 Å². The molecule has 6 nitrogen and oxygen atoms in total. The third-order valence-corrected chi connectivity index (χ3v) is 6.40. The molecule has 0 saturated carbocycles. The summed E-state index contributed by atoms with van der Waals surface area (Å²) in [7, 11) is 9.78. The fraction of sp³-hybridized carbons (Fsp3) is 0. The van der Waals surface area contributed by atoms with E-state index >= 15 is 0 Å². The van der Waals surface area contributed by atoms with Crippen molar-refractivity contribution >= 4 is 62.2 Å². The van der Waals surface area contributed by atoms with E-state index in [1.54, 1.807) is 0 Å². The molecule has 0 bridgehead atoms. The van der Waals surface area contributed by atoms with Gasteiger partial charge in [0, 0.05) is 0 Å². The number of nitrogens with zero attached hydrogens (tertiary/aromatic N) is 6. The van der Waals surface area contributed by atoms with Gasteiger partial charge < -0.3 is 0 Å². The molecule has 2 aromatic heterocycles. The summed E-state index contributed by atoms with van der Waals surface area (Å²) in [6.45, 7) is 0. The van der Waals surface area contributed by atoms with Crippen LogP contribution in [-0.4, -0.2) is 30.0 Å². The van der Waals surface area contributed by atoms with E-state index in [9.17, 15) is 0 Å². The van der Waals surface area contributed by atoms with Gasteiger partial charge in [0.25, 0.3) is 0 Å². The Balaban J connectivity index is 0.000000129. The topological polar surface area (TPSA) is 61.4 Å². The Labute approximate surface area is 240 Å². The summed E-state index contributed by atoms with van der Waals surface area (Å²) in [5.74, 6) is 0. The van der Waals surface area contributed by atoms with Crippen LogP contribution in [0.15, 0.2) is 121 Å². The molecule has 0 aliphatic heterocycles. The normalized spacial score (nSPS) is 10.8. The van der Waals surface area contributed by atoms with Crippen LogP contribution in [0.4, 0.5) is 0 Å². The number of fused-ring (bicyclic) bond motifs is 4. The van der Waals surface area contributed by atoms with Gasteiger partial charge in [0.1, 0.15) is 11.0 Å². The molecule has 0 atom stereocenters.